The largest absolute Gasteiger partial charge is 0.353 e. The predicted octanol–water partition coefficient (Wildman–Crippen LogP) is 2.24. The summed E-state index contributed by atoms with van der Waals surface area (Å²) in [6.45, 7) is 6.47. The minimum Gasteiger partial charge on any atom is -0.353 e. The third-order valence-electron chi connectivity index (χ3n) is 3.14. The number of fused-ring (bicyclic) bond motifs is 1. The Labute approximate surface area is 119 Å². The molecular weight excluding hydrogens is 250 g/mol. The van der Waals surface area contributed by atoms with E-state index in [4.69, 9.17) is 0 Å². The molecule has 0 radical (unpaired) electrons. The van der Waals surface area contributed by atoms with Gasteiger partial charge in [-0.2, -0.15) is 0 Å². The highest BCUT2D eigenvalue weighted by molar-refractivity contribution is 5.82. The highest BCUT2D eigenvalue weighted by atomic mass is 16.2. The first-order valence-corrected chi connectivity index (χ1v) is 6.92. The molecule has 1 atom stereocenters. The van der Waals surface area contributed by atoms with E-state index in [0.717, 1.165) is 10.9 Å². The van der Waals surface area contributed by atoms with Gasteiger partial charge in [-0.1, -0.05) is 12.1 Å². The first-order chi connectivity index (χ1) is 9.56. The van der Waals surface area contributed by atoms with Crippen LogP contribution in [-0.2, 0) is 11.3 Å². The van der Waals surface area contributed by atoms with Gasteiger partial charge in [0.25, 0.3) is 0 Å². The fourth-order valence-corrected chi connectivity index (χ4v) is 2.02. The molecule has 1 heterocycles. The summed E-state index contributed by atoms with van der Waals surface area (Å²) < 4.78 is 0. The lowest BCUT2D eigenvalue weighted by atomic mass is 10.1. The molecule has 0 aliphatic carbocycles. The zero-order valence-electron chi connectivity index (χ0n) is 12.2. The molecule has 1 unspecified atom stereocenters. The molecule has 1 aromatic carbocycles. The van der Waals surface area contributed by atoms with Gasteiger partial charge in [0.1, 0.15) is 0 Å². The monoisotopic (exact) mass is 271 g/mol. The first-order valence-electron chi connectivity index (χ1n) is 6.92. The van der Waals surface area contributed by atoms with Crippen molar-refractivity contribution in [2.45, 2.75) is 39.4 Å². The van der Waals surface area contributed by atoms with E-state index in [0.29, 0.717) is 6.54 Å². The molecule has 0 fully saturated rings. The number of hydrogen-bond donors (Lipinski definition) is 2. The summed E-state index contributed by atoms with van der Waals surface area (Å²) in [5.74, 6) is 0.0324. The molecule has 4 nitrogen and oxygen atoms in total. The van der Waals surface area contributed by atoms with Crippen LogP contribution in [0.2, 0.25) is 0 Å². The van der Waals surface area contributed by atoms with Crippen LogP contribution in [0.5, 0.6) is 0 Å². The van der Waals surface area contributed by atoms with E-state index in [9.17, 15) is 4.79 Å². The van der Waals surface area contributed by atoms with Crippen molar-refractivity contribution < 1.29 is 4.79 Å². The maximum atomic E-state index is 11.8. The molecule has 20 heavy (non-hydrogen) atoms. The van der Waals surface area contributed by atoms with E-state index in [1.807, 2.05) is 33.0 Å². The van der Waals surface area contributed by atoms with Crippen LogP contribution in [0, 0.1) is 0 Å². The zero-order chi connectivity index (χ0) is 14.5. The number of rotatable bonds is 5. The van der Waals surface area contributed by atoms with Crippen LogP contribution in [0.25, 0.3) is 10.8 Å². The topological polar surface area (TPSA) is 54.0 Å². The van der Waals surface area contributed by atoms with Crippen molar-refractivity contribution in [3.05, 3.63) is 42.2 Å². The van der Waals surface area contributed by atoms with Crippen molar-refractivity contribution in [3.63, 3.8) is 0 Å². The molecule has 0 spiro atoms. The Bertz CT molecular complexity index is 595. The maximum absolute atomic E-state index is 11.8. The number of benzene rings is 1. The van der Waals surface area contributed by atoms with Gasteiger partial charge in [-0.3, -0.25) is 9.78 Å². The Hall–Kier alpha value is -1.94. The normalized spacial score (nSPS) is 12.6. The zero-order valence-corrected chi connectivity index (χ0v) is 12.2. The van der Waals surface area contributed by atoms with Crippen LogP contribution in [0.3, 0.4) is 0 Å². The molecule has 106 valence electrons. The summed E-state index contributed by atoms with van der Waals surface area (Å²) >= 11 is 0. The molecule has 0 bridgehead atoms. The van der Waals surface area contributed by atoms with Crippen molar-refractivity contribution in [2.24, 2.45) is 0 Å². The van der Waals surface area contributed by atoms with Crippen LogP contribution in [0.4, 0.5) is 0 Å². The van der Waals surface area contributed by atoms with Crippen LogP contribution < -0.4 is 10.6 Å². The highest BCUT2D eigenvalue weighted by Crippen LogP contribution is 2.14. The third kappa shape index (κ3) is 3.78. The lowest BCUT2D eigenvalue weighted by Crippen LogP contribution is -2.44. The maximum Gasteiger partial charge on any atom is 0.237 e. The van der Waals surface area contributed by atoms with Gasteiger partial charge in [0, 0.05) is 30.4 Å². The molecule has 1 amide bonds. The summed E-state index contributed by atoms with van der Waals surface area (Å²) in [4.78, 5) is 15.9. The van der Waals surface area contributed by atoms with Gasteiger partial charge in [0.15, 0.2) is 0 Å². The molecule has 0 saturated heterocycles. The standard InChI is InChI=1S/C16H21N3O/c1-11(2)19-16(20)12(3)18-9-13-4-5-15-10-17-7-6-14(15)8-13/h4-8,10-12,18H,9H2,1-3H3,(H,19,20). The predicted molar refractivity (Wildman–Crippen MR) is 81.3 cm³/mol. The molecule has 4 heteroatoms. The molecule has 0 aliphatic heterocycles. The Morgan fingerprint density at radius 1 is 1.20 bits per heavy atom. The minimum absolute atomic E-state index is 0.0324. The van der Waals surface area contributed by atoms with Gasteiger partial charge in [0.05, 0.1) is 6.04 Å². The van der Waals surface area contributed by atoms with Crippen LogP contribution in [0.15, 0.2) is 36.7 Å². The summed E-state index contributed by atoms with van der Waals surface area (Å²) in [6.07, 6.45) is 3.64. The second-order valence-corrected chi connectivity index (χ2v) is 5.32. The minimum atomic E-state index is -0.203. The van der Waals surface area contributed by atoms with Crippen molar-refractivity contribution in [2.75, 3.05) is 0 Å². The van der Waals surface area contributed by atoms with Crippen LogP contribution >= 0.6 is 0 Å². The molecule has 2 aromatic rings. The number of amides is 1. The highest BCUT2D eigenvalue weighted by Gasteiger charge is 2.12. The smallest absolute Gasteiger partial charge is 0.237 e. The fraction of sp³-hybridized carbons (Fsp3) is 0.375. The molecule has 2 N–H and O–H groups in total. The Morgan fingerprint density at radius 3 is 2.75 bits per heavy atom. The van der Waals surface area contributed by atoms with E-state index in [1.54, 1.807) is 6.20 Å². The Morgan fingerprint density at radius 2 is 2.00 bits per heavy atom. The summed E-state index contributed by atoms with van der Waals surface area (Å²) in [5, 5.41) is 8.43. The molecule has 2 rings (SSSR count). The van der Waals surface area contributed by atoms with Gasteiger partial charge in [-0.05, 0) is 43.9 Å². The van der Waals surface area contributed by atoms with E-state index >= 15 is 0 Å². The lowest BCUT2D eigenvalue weighted by molar-refractivity contribution is -0.123. The van der Waals surface area contributed by atoms with Crippen LogP contribution in [-0.4, -0.2) is 23.0 Å². The Kier molecular flexibility index (Phi) is 4.69. The van der Waals surface area contributed by atoms with Crippen LogP contribution in [0.1, 0.15) is 26.3 Å². The quantitative estimate of drug-likeness (QED) is 0.877. The van der Waals surface area contributed by atoms with Crippen molar-refractivity contribution in [1.82, 2.24) is 15.6 Å². The Balaban J connectivity index is 1.97. The van der Waals surface area contributed by atoms with E-state index in [1.165, 1.54) is 5.39 Å². The molecule has 0 saturated carbocycles. The first kappa shape index (κ1) is 14.5. The number of nitrogens with zero attached hydrogens (tertiary/aromatic N) is 1. The van der Waals surface area contributed by atoms with E-state index in [2.05, 4.69) is 33.8 Å². The fourth-order valence-electron chi connectivity index (χ4n) is 2.02. The van der Waals surface area contributed by atoms with Crippen molar-refractivity contribution in [1.29, 1.82) is 0 Å². The number of aromatic nitrogens is 1. The van der Waals surface area contributed by atoms with Gasteiger partial charge in [-0.15, -0.1) is 0 Å². The number of carbonyl (C=O) groups is 1. The number of pyridine rings is 1. The second-order valence-electron chi connectivity index (χ2n) is 5.32. The average Bonchev–Trinajstić information content (AvgIpc) is 2.43. The molecule has 1 aromatic heterocycles. The van der Waals surface area contributed by atoms with E-state index < -0.39 is 0 Å². The van der Waals surface area contributed by atoms with Gasteiger partial charge >= 0.3 is 0 Å². The lowest BCUT2D eigenvalue weighted by Gasteiger charge is -2.16. The molecular formula is C16H21N3O. The third-order valence-corrected chi connectivity index (χ3v) is 3.14. The summed E-state index contributed by atoms with van der Waals surface area (Å²) in [7, 11) is 0. The van der Waals surface area contributed by atoms with Gasteiger partial charge < -0.3 is 10.6 Å². The van der Waals surface area contributed by atoms with Gasteiger partial charge in [0.2, 0.25) is 5.91 Å². The second kappa shape index (κ2) is 6.48. The number of nitrogens with one attached hydrogen (secondary N) is 2. The number of hydrogen-bond acceptors (Lipinski definition) is 3. The summed E-state index contributed by atoms with van der Waals surface area (Å²) in [6, 6.07) is 8.19. The van der Waals surface area contributed by atoms with Crippen molar-refractivity contribution in [3.8, 4) is 0 Å². The number of carbonyl (C=O) groups excluding carboxylic acids is 1. The van der Waals surface area contributed by atoms with E-state index in [-0.39, 0.29) is 18.0 Å². The SMILES string of the molecule is CC(C)NC(=O)C(C)NCc1ccc2cnccc2c1. The van der Waals surface area contributed by atoms with Crippen molar-refractivity contribution >= 4 is 16.7 Å². The summed E-state index contributed by atoms with van der Waals surface area (Å²) in [5.41, 5.74) is 1.16. The molecule has 0 aliphatic rings. The average molecular weight is 271 g/mol. The van der Waals surface area contributed by atoms with Gasteiger partial charge in [-0.25, -0.2) is 0 Å².